The van der Waals surface area contributed by atoms with E-state index in [0.717, 1.165) is 55.7 Å². The standard InChI is InChI=1S/C22H29FN4O2/c1-22(2)11-19(25-21(29)14-26-9-7-17(28)8-10-26)18-13-24-27(20(18)12-22)16-5-3-15(23)4-6-16/h3-6,13,17,19,28H,7-12,14H2,1-2H3,(H,25,29)/t19-/m0/s1. The van der Waals surface area contributed by atoms with Crippen molar-refractivity contribution in [1.29, 1.82) is 0 Å². The Labute approximate surface area is 170 Å². The van der Waals surface area contributed by atoms with Crippen LogP contribution in [0.3, 0.4) is 0 Å². The number of aliphatic hydroxyl groups excluding tert-OH is 1. The molecule has 0 bridgehead atoms. The molecule has 29 heavy (non-hydrogen) atoms. The summed E-state index contributed by atoms with van der Waals surface area (Å²) in [6.07, 6.45) is 4.72. The molecule has 2 N–H and O–H groups in total. The minimum atomic E-state index is -0.273. The van der Waals surface area contributed by atoms with Gasteiger partial charge in [-0.1, -0.05) is 13.8 Å². The van der Waals surface area contributed by atoms with Crippen molar-refractivity contribution in [2.75, 3.05) is 19.6 Å². The highest BCUT2D eigenvalue weighted by molar-refractivity contribution is 5.78. The van der Waals surface area contributed by atoms with Crippen LogP contribution in [0.4, 0.5) is 4.39 Å². The summed E-state index contributed by atoms with van der Waals surface area (Å²) in [5.74, 6) is -0.268. The number of hydrogen-bond donors (Lipinski definition) is 2. The minimum absolute atomic E-state index is 0.00423. The van der Waals surface area contributed by atoms with Crippen LogP contribution in [0.5, 0.6) is 0 Å². The summed E-state index contributed by atoms with van der Waals surface area (Å²) in [7, 11) is 0. The van der Waals surface area contributed by atoms with Crippen LogP contribution in [-0.2, 0) is 11.2 Å². The van der Waals surface area contributed by atoms with Crippen LogP contribution in [0.1, 0.15) is 50.4 Å². The smallest absolute Gasteiger partial charge is 0.234 e. The zero-order valence-electron chi connectivity index (χ0n) is 17.1. The molecular weight excluding hydrogens is 371 g/mol. The molecule has 0 saturated carbocycles. The molecule has 1 aromatic carbocycles. The largest absolute Gasteiger partial charge is 0.393 e. The Bertz CT molecular complexity index is 869. The molecule has 2 heterocycles. The number of amides is 1. The summed E-state index contributed by atoms with van der Waals surface area (Å²) in [6, 6.07) is 6.23. The van der Waals surface area contributed by atoms with E-state index in [1.807, 2.05) is 10.9 Å². The lowest BCUT2D eigenvalue weighted by Crippen LogP contribution is -2.44. The number of likely N-dealkylation sites (tertiary alicyclic amines) is 1. The van der Waals surface area contributed by atoms with Gasteiger partial charge in [0.2, 0.25) is 5.91 Å². The fourth-order valence-corrected chi connectivity index (χ4v) is 4.50. The molecule has 1 amide bonds. The van der Waals surface area contributed by atoms with Crippen LogP contribution in [0, 0.1) is 11.2 Å². The summed E-state index contributed by atoms with van der Waals surface area (Å²) < 4.78 is 15.2. The highest BCUT2D eigenvalue weighted by atomic mass is 19.1. The molecule has 156 valence electrons. The van der Waals surface area contributed by atoms with Gasteiger partial charge in [-0.2, -0.15) is 5.10 Å². The molecule has 7 heteroatoms. The van der Waals surface area contributed by atoms with E-state index in [1.165, 1.54) is 12.1 Å². The third-order valence-electron chi connectivity index (χ3n) is 6.01. The lowest BCUT2D eigenvalue weighted by atomic mass is 9.74. The van der Waals surface area contributed by atoms with Gasteiger partial charge in [0.05, 0.1) is 36.3 Å². The summed E-state index contributed by atoms with van der Waals surface area (Å²) >= 11 is 0. The second kappa shape index (κ2) is 7.88. The number of fused-ring (bicyclic) bond motifs is 1. The minimum Gasteiger partial charge on any atom is -0.393 e. The Kier molecular flexibility index (Phi) is 5.44. The zero-order chi connectivity index (χ0) is 20.6. The predicted octanol–water partition coefficient (Wildman–Crippen LogP) is 2.60. The van der Waals surface area contributed by atoms with Crippen molar-refractivity contribution in [3.05, 3.63) is 47.5 Å². The zero-order valence-corrected chi connectivity index (χ0v) is 17.1. The molecule has 2 aromatic rings. The number of nitrogens with zero attached hydrogens (tertiary/aromatic N) is 3. The topological polar surface area (TPSA) is 70.4 Å². The van der Waals surface area contributed by atoms with Crippen molar-refractivity contribution in [2.45, 2.75) is 51.7 Å². The molecular formula is C22H29FN4O2. The molecule has 2 aliphatic rings. The van der Waals surface area contributed by atoms with Crippen LogP contribution >= 0.6 is 0 Å². The Morgan fingerprint density at radius 1 is 1.28 bits per heavy atom. The van der Waals surface area contributed by atoms with E-state index in [-0.39, 0.29) is 29.3 Å². The molecule has 1 aliphatic carbocycles. The quantitative estimate of drug-likeness (QED) is 0.828. The lowest BCUT2D eigenvalue weighted by Gasteiger charge is -2.36. The second-order valence-corrected chi connectivity index (χ2v) is 9.11. The SMILES string of the molecule is CC1(C)Cc2c(cnn2-c2ccc(F)cc2)[C@@H](NC(=O)CN2CCC(O)CC2)C1. The Morgan fingerprint density at radius 2 is 1.97 bits per heavy atom. The van der Waals surface area contributed by atoms with Gasteiger partial charge < -0.3 is 10.4 Å². The van der Waals surface area contributed by atoms with E-state index >= 15 is 0 Å². The maximum Gasteiger partial charge on any atom is 0.234 e. The third kappa shape index (κ3) is 4.51. The number of rotatable bonds is 4. The first kappa shape index (κ1) is 20.0. The number of nitrogens with one attached hydrogen (secondary N) is 1. The van der Waals surface area contributed by atoms with E-state index in [2.05, 4.69) is 29.2 Å². The fourth-order valence-electron chi connectivity index (χ4n) is 4.50. The first-order valence-electron chi connectivity index (χ1n) is 10.3. The van der Waals surface area contributed by atoms with Crippen LogP contribution in [0.15, 0.2) is 30.5 Å². The van der Waals surface area contributed by atoms with Crippen LogP contribution in [0.25, 0.3) is 5.69 Å². The average molecular weight is 400 g/mol. The van der Waals surface area contributed by atoms with Crippen LogP contribution in [-0.4, -0.2) is 51.4 Å². The highest BCUT2D eigenvalue weighted by Gasteiger charge is 2.36. The van der Waals surface area contributed by atoms with Gasteiger partial charge in [0.1, 0.15) is 5.82 Å². The number of aromatic nitrogens is 2. The molecule has 0 unspecified atom stereocenters. The van der Waals surface area contributed by atoms with E-state index in [1.54, 1.807) is 12.1 Å². The second-order valence-electron chi connectivity index (χ2n) is 9.11. The number of halogens is 1. The van der Waals surface area contributed by atoms with E-state index in [9.17, 15) is 14.3 Å². The number of carbonyl (C=O) groups excluding carboxylic acids is 1. The molecule has 1 aliphatic heterocycles. The van der Waals surface area contributed by atoms with Crippen molar-refractivity contribution < 1.29 is 14.3 Å². The molecule has 4 rings (SSSR count). The van der Waals surface area contributed by atoms with Crippen molar-refractivity contribution in [3.8, 4) is 5.69 Å². The molecule has 0 radical (unpaired) electrons. The first-order valence-corrected chi connectivity index (χ1v) is 10.3. The van der Waals surface area contributed by atoms with Gasteiger partial charge in [0.25, 0.3) is 0 Å². The number of aliphatic hydroxyl groups is 1. The lowest BCUT2D eigenvalue weighted by molar-refractivity contribution is -0.123. The highest BCUT2D eigenvalue weighted by Crippen LogP contribution is 2.41. The molecule has 1 saturated heterocycles. The first-order chi connectivity index (χ1) is 13.8. The van der Waals surface area contributed by atoms with Crippen LogP contribution < -0.4 is 5.32 Å². The normalized spacial score (nSPS) is 22.3. The van der Waals surface area contributed by atoms with Gasteiger partial charge in [0, 0.05) is 18.7 Å². The monoisotopic (exact) mass is 400 g/mol. The Hall–Kier alpha value is -2.25. The maximum atomic E-state index is 13.3. The summed E-state index contributed by atoms with van der Waals surface area (Å²) in [6.45, 7) is 6.24. The van der Waals surface area contributed by atoms with Crippen molar-refractivity contribution in [1.82, 2.24) is 20.0 Å². The molecule has 0 spiro atoms. The van der Waals surface area contributed by atoms with E-state index in [0.29, 0.717) is 6.54 Å². The predicted molar refractivity (Wildman–Crippen MR) is 108 cm³/mol. The Balaban J connectivity index is 1.52. The van der Waals surface area contributed by atoms with E-state index < -0.39 is 0 Å². The van der Waals surface area contributed by atoms with Gasteiger partial charge in [0.15, 0.2) is 0 Å². The molecule has 1 fully saturated rings. The van der Waals surface area contributed by atoms with Crippen LogP contribution in [0.2, 0.25) is 0 Å². The number of hydrogen-bond acceptors (Lipinski definition) is 4. The Morgan fingerprint density at radius 3 is 2.66 bits per heavy atom. The van der Waals surface area contributed by atoms with Crippen molar-refractivity contribution in [2.24, 2.45) is 5.41 Å². The third-order valence-corrected chi connectivity index (χ3v) is 6.01. The molecule has 1 atom stereocenters. The van der Waals surface area contributed by atoms with Gasteiger partial charge in [-0.3, -0.25) is 9.69 Å². The maximum absolute atomic E-state index is 13.3. The number of piperidine rings is 1. The van der Waals surface area contributed by atoms with Gasteiger partial charge in [-0.25, -0.2) is 9.07 Å². The summed E-state index contributed by atoms with van der Waals surface area (Å²) in [5, 5.41) is 17.4. The molecule has 1 aromatic heterocycles. The summed E-state index contributed by atoms with van der Waals surface area (Å²) in [5.41, 5.74) is 2.94. The average Bonchev–Trinajstić information content (AvgIpc) is 3.07. The summed E-state index contributed by atoms with van der Waals surface area (Å²) in [4.78, 5) is 14.8. The van der Waals surface area contributed by atoms with Gasteiger partial charge in [-0.15, -0.1) is 0 Å². The van der Waals surface area contributed by atoms with E-state index in [4.69, 9.17) is 0 Å². The van der Waals surface area contributed by atoms with Crippen molar-refractivity contribution >= 4 is 5.91 Å². The molecule has 6 nitrogen and oxygen atoms in total. The fraction of sp³-hybridized carbons (Fsp3) is 0.545. The van der Waals surface area contributed by atoms with Gasteiger partial charge in [-0.05, 0) is 55.4 Å². The van der Waals surface area contributed by atoms with Crippen molar-refractivity contribution in [3.63, 3.8) is 0 Å². The van der Waals surface area contributed by atoms with Gasteiger partial charge >= 0.3 is 0 Å². The number of benzene rings is 1. The number of carbonyl (C=O) groups is 1.